The van der Waals surface area contributed by atoms with Crippen LogP contribution in [0.5, 0.6) is 0 Å². The predicted octanol–water partition coefficient (Wildman–Crippen LogP) is 3.80. The second-order valence-electron chi connectivity index (χ2n) is 6.19. The number of nitrogens with one attached hydrogen (secondary N) is 1. The molecule has 2 aromatic carbocycles. The minimum absolute atomic E-state index is 0.227. The van der Waals surface area contributed by atoms with Crippen molar-refractivity contribution in [3.05, 3.63) is 54.3 Å². The summed E-state index contributed by atoms with van der Waals surface area (Å²) < 4.78 is 18.4. The van der Waals surface area contributed by atoms with Gasteiger partial charge in [-0.25, -0.2) is 14.0 Å². The van der Waals surface area contributed by atoms with E-state index < -0.39 is 0 Å². The minimum Gasteiger partial charge on any atom is -0.450 e. The quantitative estimate of drug-likeness (QED) is 0.893. The summed E-state index contributed by atoms with van der Waals surface area (Å²) in [5, 5.41) is 2.86. The Morgan fingerprint density at radius 2 is 1.63 bits per heavy atom. The zero-order valence-corrected chi connectivity index (χ0v) is 15.2. The predicted molar refractivity (Wildman–Crippen MR) is 101 cm³/mol. The van der Waals surface area contributed by atoms with E-state index in [1.165, 1.54) is 12.1 Å². The van der Waals surface area contributed by atoms with Crippen LogP contribution in [0.2, 0.25) is 0 Å². The summed E-state index contributed by atoms with van der Waals surface area (Å²) in [4.78, 5) is 27.5. The molecule has 0 spiro atoms. The summed E-state index contributed by atoms with van der Waals surface area (Å²) in [6.45, 7) is 3.86. The summed E-state index contributed by atoms with van der Waals surface area (Å²) in [7, 11) is 0. The van der Waals surface area contributed by atoms with Gasteiger partial charge < -0.3 is 19.9 Å². The van der Waals surface area contributed by atoms with E-state index in [-0.39, 0.29) is 17.9 Å². The Bertz CT molecular complexity index is 820. The van der Waals surface area contributed by atoms with Crippen molar-refractivity contribution in [2.24, 2.45) is 0 Å². The highest BCUT2D eigenvalue weighted by atomic mass is 19.1. The molecule has 1 fully saturated rings. The number of hydrogen-bond acceptors (Lipinski definition) is 3. The maximum Gasteiger partial charge on any atom is 0.409 e. The Balaban J connectivity index is 1.60. The van der Waals surface area contributed by atoms with Crippen LogP contribution in [-0.4, -0.2) is 54.7 Å². The van der Waals surface area contributed by atoms with E-state index in [4.69, 9.17) is 4.74 Å². The van der Waals surface area contributed by atoms with Crippen LogP contribution in [0, 0.1) is 5.82 Å². The number of benzene rings is 2. The van der Waals surface area contributed by atoms with Crippen LogP contribution in [0.3, 0.4) is 0 Å². The van der Waals surface area contributed by atoms with Gasteiger partial charge in [-0.05, 0) is 42.3 Å². The third kappa shape index (κ3) is 4.75. The molecule has 0 saturated carbocycles. The first-order chi connectivity index (χ1) is 13.1. The molecule has 1 heterocycles. The number of urea groups is 1. The molecular formula is C20H22FN3O3. The lowest BCUT2D eigenvalue weighted by Crippen LogP contribution is -2.51. The van der Waals surface area contributed by atoms with Crippen molar-refractivity contribution >= 4 is 17.8 Å². The van der Waals surface area contributed by atoms with E-state index >= 15 is 0 Å². The smallest absolute Gasteiger partial charge is 0.409 e. The molecule has 1 aliphatic heterocycles. The van der Waals surface area contributed by atoms with Crippen molar-refractivity contribution in [2.45, 2.75) is 6.92 Å². The van der Waals surface area contributed by atoms with Crippen molar-refractivity contribution < 1.29 is 18.7 Å². The number of rotatable bonds is 3. The largest absolute Gasteiger partial charge is 0.450 e. The molecule has 0 atom stereocenters. The molecule has 0 bridgehead atoms. The van der Waals surface area contributed by atoms with Crippen LogP contribution >= 0.6 is 0 Å². The highest BCUT2D eigenvalue weighted by Gasteiger charge is 2.24. The lowest BCUT2D eigenvalue weighted by Gasteiger charge is -2.34. The van der Waals surface area contributed by atoms with Crippen LogP contribution in [0.25, 0.3) is 11.1 Å². The standard InChI is InChI=1S/C20H22FN3O3/c1-2-27-20(26)24-11-9-23(10-12-24)19(25)22-18-8-4-6-16(14-18)15-5-3-7-17(21)13-15/h3-8,13-14H,2,9-12H2,1H3,(H,22,25). The fourth-order valence-corrected chi connectivity index (χ4v) is 2.95. The van der Waals surface area contributed by atoms with Gasteiger partial charge in [-0.2, -0.15) is 0 Å². The fraction of sp³-hybridized carbons (Fsp3) is 0.300. The van der Waals surface area contributed by atoms with Crippen LogP contribution in [-0.2, 0) is 4.74 Å². The molecule has 0 aliphatic carbocycles. The third-order valence-electron chi connectivity index (χ3n) is 4.36. The van der Waals surface area contributed by atoms with Crippen LogP contribution in [0.4, 0.5) is 19.7 Å². The number of ether oxygens (including phenoxy) is 1. The molecule has 0 unspecified atom stereocenters. The first kappa shape index (κ1) is 18.7. The van der Waals surface area contributed by atoms with Gasteiger partial charge in [0.1, 0.15) is 5.82 Å². The Hall–Kier alpha value is -3.09. The second kappa shape index (κ2) is 8.53. The molecule has 1 saturated heterocycles. The Morgan fingerprint density at radius 3 is 2.30 bits per heavy atom. The highest BCUT2D eigenvalue weighted by molar-refractivity contribution is 5.90. The number of amides is 3. The summed E-state index contributed by atoms with van der Waals surface area (Å²) in [6, 6.07) is 13.4. The SMILES string of the molecule is CCOC(=O)N1CCN(C(=O)Nc2cccc(-c3cccc(F)c3)c2)CC1. The Kier molecular flexibility index (Phi) is 5.90. The fourth-order valence-electron chi connectivity index (χ4n) is 2.95. The zero-order chi connectivity index (χ0) is 19.2. The van der Waals surface area contributed by atoms with Crippen molar-refractivity contribution in [1.29, 1.82) is 0 Å². The number of carbonyl (C=O) groups is 2. The lowest BCUT2D eigenvalue weighted by molar-refractivity contribution is 0.0868. The number of carbonyl (C=O) groups excluding carboxylic acids is 2. The van der Waals surface area contributed by atoms with E-state index in [9.17, 15) is 14.0 Å². The van der Waals surface area contributed by atoms with Gasteiger partial charge >= 0.3 is 12.1 Å². The number of piperazine rings is 1. The molecule has 142 valence electrons. The van der Waals surface area contributed by atoms with Gasteiger partial charge in [-0.1, -0.05) is 24.3 Å². The highest BCUT2D eigenvalue weighted by Crippen LogP contribution is 2.23. The Labute approximate surface area is 157 Å². The van der Waals surface area contributed by atoms with E-state index in [0.29, 0.717) is 38.5 Å². The van der Waals surface area contributed by atoms with Gasteiger partial charge in [-0.3, -0.25) is 0 Å². The molecule has 1 aliphatic rings. The number of halogens is 1. The molecule has 0 radical (unpaired) electrons. The second-order valence-corrected chi connectivity index (χ2v) is 6.19. The van der Waals surface area contributed by atoms with Crippen molar-refractivity contribution in [3.8, 4) is 11.1 Å². The average Bonchev–Trinajstić information content (AvgIpc) is 2.68. The van der Waals surface area contributed by atoms with Crippen LogP contribution in [0.15, 0.2) is 48.5 Å². The van der Waals surface area contributed by atoms with E-state index in [1.54, 1.807) is 28.9 Å². The Morgan fingerprint density at radius 1 is 1.00 bits per heavy atom. The van der Waals surface area contributed by atoms with Gasteiger partial charge in [0, 0.05) is 31.9 Å². The van der Waals surface area contributed by atoms with Gasteiger partial charge in [-0.15, -0.1) is 0 Å². The molecule has 1 N–H and O–H groups in total. The summed E-state index contributed by atoms with van der Waals surface area (Å²) in [6.07, 6.45) is -0.347. The zero-order valence-electron chi connectivity index (χ0n) is 15.2. The molecule has 7 heteroatoms. The lowest BCUT2D eigenvalue weighted by atomic mass is 10.1. The molecular weight excluding hydrogens is 349 g/mol. The number of nitrogens with zero attached hydrogens (tertiary/aromatic N) is 2. The van der Waals surface area contributed by atoms with Crippen molar-refractivity contribution in [3.63, 3.8) is 0 Å². The molecule has 3 amide bonds. The normalized spacial score (nSPS) is 14.0. The van der Waals surface area contributed by atoms with Crippen LogP contribution < -0.4 is 5.32 Å². The average molecular weight is 371 g/mol. The minimum atomic E-state index is -0.347. The first-order valence-electron chi connectivity index (χ1n) is 8.90. The van der Waals surface area contributed by atoms with E-state index in [1.807, 2.05) is 24.3 Å². The maximum absolute atomic E-state index is 13.4. The summed E-state index contributed by atoms with van der Waals surface area (Å²) in [5.74, 6) is -0.304. The molecule has 0 aromatic heterocycles. The van der Waals surface area contributed by atoms with Crippen molar-refractivity contribution in [1.82, 2.24) is 9.80 Å². The van der Waals surface area contributed by atoms with Gasteiger partial charge in [0.25, 0.3) is 0 Å². The molecule has 27 heavy (non-hydrogen) atoms. The van der Waals surface area contributed by atoms with Crippen LogP contribution in [0.1, 0.15) is 6.92 Å². The summed E-state index contributed by atoms with van der Waals surface area (Å²) >= 11 is 0. The molecule has 6 nitrogen and oxygen atoms in total. The maximum atomic E-state index is 13.4. The third-order valence-corrected chi connectivity index (χ3v) is 4.36. The topological polar surface area (TPSA) is 61.9 Å². The summed E-state index contributed by atoms with van der Waals surface area (Å²) in [5.41, 5.74) is 2.20. The van der Waals surface area contributed by atoms with E-state index in [2.05, 4.69) is 5.32 Å². The molecule has 2 aromatic rings. The van der Waals surface area contributed by atoms with Gasteiger partial charge in [0.15, 0.2) is 0 Å². The molecule has 3 rings (SSSR count). The van der Waals surface area contributed by atoms with Gasteiger partial charge in [0.2, 0.25) is 0 Å². The monoisotopic (exact) mass is 371 g/mol. The number of anilines is 1. The first-order valence-corrected chi connectivity index (χ1v) is 8.90. The van der Waals surface area contributed by atoms with Gasteiger partial charge in [0.05, 0.1) is 6.61 Å². The van der Waals surface area contributed by atoms with E-state index in [0.717, 1.165) is 11.1 Å². The van der Waals surface area contributed by atoms with Crippen molar-refractivity contribution in [2.75, 3.05) is 38.1 Å². The number of hydrogen-bond donors (Lipinski definition) is 1.